The standard InChI is InChI=1S/C12H16FN3O3/c1-19-5-4-15-11(17)7-16-12(18)9-6-8(13)2-3-10(9)14/h2-3,6H,4-5,7,14H2,1H3,(H,15,17)(H,16,18). The van der Waals surface area contributed by atoms with Crippen LogP contribution in [-0.4, -0.2) is 38.6 Å². The number of nitrogens with one attached hydrogen (secondary N) is 2. The number of anilines is 1. The third kappa shape index (κ3) is 4.92. The van der Waals surface area contributed by atoms with Crippen LogP contribution in [0.4, 0.5) is 10.1 Å². The Kier molecular flexibility index (Phi) is 5.74. The number of ether oxygens (including phenoxy) is 1. The van der Waals surface area contributed by atoms with Crippen LogP contribution >= 0.6 is 0 Å². The minimum Gasteiger partial charge on any atom is -0.398 e. The van der Waals surface area contributed by atoms with Gasteiger partial charge in [0.05, 0.1) is 18.7 Å². The average molecular weight is 269 g/mol. The summed E-state index contributed by atoms with van der Waals surface area (Å²) in [6.07, 6.45) is 0. The monoisotopic (exact) mass is 269 g/mol. The van der Waals surface area contributed by atoms with E-state index < -0.39 is 11.7 Å². The van der Waals surface area contributed by atoms with Gasteiger partial charge in [-0.05, 0) is 18.2 Å². The SMILES string of the molecule is COCCNC(=O)CNC(=O)c1cc(F)ccc1N. The van der Waals surface area contributed by atoms with Gasteiger partial charge in [0.25, 0.3) is 5.91 Å². The molecule has 1 rings (SSSR count). The Morgan fingerprint density at radius 3 is 2.79 bits per heavy atom. The number of nitrogens with two attached hydrogens (primary N) is 1. The highest BCUT2D eigenvalue weighted by atomic mass is 19.1. The number of hydrogen-bond donors (Lipinski definition) is 3. The summed E-state index contributed by atoms with van der Waals surface area (Å²) < 4.78 is 17.7. The molecule has 0 unspecified atom stereocenters. The highest BCUT2D eigenvalue weighted by Crippen LogP contribution is 2.12. The van der Waals surface area contributed by atoms with E-state index in [9.17, 15) is 14.0 Å². The first-order valence-corrected chi connectivity index (χ1v) is 5.63. The van der Waals surface area contributed by atoms with Crippen molar-refractivity contribution in [1.29, 1.82) is 0 Å². The predicted octanol–water partition coefficient (Wildman–Crippen LogP) is -0.0997. The Hall–Kier alpha value is -2.15. The molecule has 0 saturated heterocycles. The van der Waals surface area contributed by atoms with Crippen molar-refractivity contribution in [1.82, 2.24) is 10.6 Å². The lowest BCUT2D eigenvalue weighted by Crippen LogP contribution is -2.38. The number of rotatable bonds is 6. The first kappa shape index (κ1) is 14.9. The molecule has 0 radical (unpaired) electrons. The maximum absolute atomic E-state index is 13.0. The van der Waals surface area contributed by atoms with E-state index in [-0.39, 0.29) is 23.7 Å². The van der Waals surface area contributed by atoms with E-state index in [0.717, 1.165) is 12.1 Å². The zero-order chi connectivity index (χ0) is 14.3. The van der Waals surface area contributed by atoms with Crippen LogP contribution in [0.25, 0.3) is 0 Å². The summed E-state index contributed by atoms with van der Waals surface area (Å²) in [4.78, 5) is 23.0. The smallest absolute Gasteiger partial charge is 0.253 e. The number of carbonyl (C=O) groups is 2. The Labute approximate surface area is 110 Å². The van der Waals surface area contributed by atoms with E-state index in [2.05, 4.69) is 10.6 Å². The van der Waals surface area contributed by atoms with Crippen molar-refractivity contribution in [3.8, 4) is 0 Å². The first-order chi connectivity index (χ1) is 9.04. The number of methoxy groups -OCH3 is 1. The number of benzene rings is 1. The molecule has 0 fully saturated rings. The van der Waals surface area contributed by atoms with Gasteiger partial charge in [0.2, 0.25) is 5.91 Å². The molecular formula is C12H16FN3O3. The molecule has 0 aromatic heterocycles. The molecule has 2 amide bonds. The fourth-order valence-corrected chi connectivity index (χ4v) is 1.34. The third-order valence-corrected chi connectivity index (χ3v) is 2.30. The molecule has 0 aliphatic heterocycles. The number of amides is 2. The summed E-state index contributed by atoms with van der Waals surface area (Å²) in [5.74, 6) is -1.52. The van der Waals surface area contributed by atoms with Gasteiger partial charge in [-0.25, -0.2) is 4.39 Å². The zero-order valence-electron chi connectivity index (χ0n) is 10.5. The minimum absolute atomic E-state index is 0.00434. The topological polar surface area (TPSA) is 93.5 Å². The number of nitrogen functional groups attached to an aromatic ring is 1. The molecule has 104 valence electrons. The fraction of sp³-hybridized carbons (Fsp3) is 0.333. The van der Waals surface area contributed by atoms with E-state index in [0.29, 0.717) is 13.2 Å². The van der Waals surface area contributed by atoms with Gasteiger partial charge in [0, 0.05) is 19.3 Å². The second-order valence-corrected chi connectivity index (χ2v) is 3.76. The van der Waals surface area contributed by atoms with E-state index in [4.69, 9.17) is 10.5 Å². The Balaban J connectivity index is 2.47. The van der Waals surface area contributed by atoms with Gasteiger partial charge < -0.3 is 21.1 Å². The van der Waals surface area contributed by atoms with Crippen LogP contribution in [0.5, 0.6) is 0 Å². The summed E-state index contributed by atoms with van der Waals surface area (Å²) in [5, 5.41) is 4.89. The minimum atomic E-state index is -0.598. The normalized spacial score (nSPS) is 10.0. The second kappa shape index (κ2) is 7.32. The molecule has 1 aromatic rings. The van der Waals surface area contributed by atoms with E-state index in [1.54, 1.807) is 0 Å². The molecule has 7 heteroatoms. The van der Waals surface area contributed by atoms with E-state index >= 15 is 0 Å². The van der Waals surface area contributed by atoms with Crippen molar-refractivity contribution in [3.63, 3.8) is 0 Å². The fourth-order valence-electron chi connectivity index (χ4n) is 1.34. The van der Waals surface area contributed by atoms with E-state index in [1.807, 2.05) is 0 Å². The molecule has 0 bridgehead atoms. The van der Waals surface area contributed by atoms with Gasteiger partial charge in [-0.2, -0.15) is 0 Å². The van der Waals surface area contributed by atoms with Crippen molar-refractivity contribution in [2.45, 2.75) is 0 Å². The molecule has 6 nitrogen and oxygen atoms in total. The van der Waals surface area contributed by atoms with Gasteiger partial charge in [0.1, 0.15) is 5.82 Å². The second-order valence-electron chi connectivity index (χ2n) is 3.76. The highest BCUT2D eigenvalue weighted by molar-refractivity contribution is 6.00. The summed E-state index contributed by atoms with van der Waals surface area (Å²) >= 11 is 0. The van der Waals surface area contributed by atoms with Crippen LogP contribution in [0.2, 0.25) is 0 Å². The van der Waals surface area contributed by atoms with Gasteiger partial charge >= 0.3 is 0 Å². The molecule has 0 aliphatic carbocycles. The van der Waals surface area contributed by atoms with E-state index in [1.165, 1.54) is 13.2 Å². The molecule has 0 atom stereocenters. The van der Waals surface area contributed by atoms with Gasteiger partial charge in [-0.1, -0.05) is 0 Å². The Morgan fingerprint density at radius 1 is 1.37 bits per heavy atom. The molecular weight excluding hydrogens is 253 g/mol. The van der Waals surface area contributed by atoms with Gasteiger partial charge in [-0.15, -0.1) is 0 Å². The molecule has 0 heterocycles. The first-order valence-electron chi connectivity index (χ1n) is 5.63. The van der Waals surface area contributed by atoms with Gasteiger partial charge in [0.15, 0.2) is 0 Å². The summed E-state index contributed by atoms with van der Waals surface area (Å²) in [5.41, 5.74) is 5.71. The number of carbonyl (C=O) groups excluding carboxylic acids is 2. The molecule has 4 N–H and O–H groups in total. The Morgan fingerprint density at radius 2 is 2.11 bits per heavy atom. The zero-order valence-corrected chi connectivity index (χ0v) is 10.5. The quantitative estimate of drug-likeness (QED) is 0.496. The van der Waals surface area contributed by atoms with Crippen molar-refractivity contribution in [2.24, 2.45) is 0 Å². The maximum atomic E-state index is 13.0. The summed E-state index contributed by atoms with van der Waals surface area (Å²) in [6.45, 7) is 0.530. The number of hydrogen-bond acceptors (Lipinski definition) is 4. The third-order valence-electron chi connectivity index (χ3n) is 2.30. The lowest BCUT2D eigenvalue weighted by Gasteiger charge is -2.08. The van der Waals surface area contributed by atoms with Crippen LogP contribution in [0.3, 0.4) is 0 Å². The van der Waals surface area contributed by atoms with Crippen LogP contribution in [0, 0.1) is 5.82 Å². The van der Waals surface area contributed by atoms with Crippen LogP contribution in [-0.2, 0) is 9.53 Å². The van der Waals surface area contributed by atoms with Crippen LogP contribution in [0.1, 0.15) is 10.4 Å². The summed E-state index contributed by atoms with van der Waals surface area (Å²) in [6, 6.07) is 3.47. The van der Waals surface area contributed by atoms with Crippen molar-refractivity contribution in [3.05, 3.63) is 29.6 Å². The van der Waals surface area contributed by atoms with Crippen molar-refractivity contribution < 1.29 is 18.7 Å². The molecule has 0 spiro atoms. The maximum Gasteiger partial charge on any atom is 0.253 e. The van der Waals surface area contributed by atoms with Gasteiger partial charge in [-0.3, -0.25) is 9.59 Å². The largest absolute Gasteiger partial charge is 0.398 e. The highest BCUT2D eigenvalue weighted by Gasteiger charge is 2.11. The van der Waals surface area contributed by atoms with Crippen molar-refractivity contribution in [2.75, 3.05) is 32.5 Å². The molecule has 0 saturated carbocycles. The predicted molar refractivity (Wildman–Crippen MR) is 68.0 cm³/mol. The van der Waals surface area contributed by atoms with Crippen molar-refractivity contribution >= 4 is 17.5 Å². The Bertz CT molecular complexity index is 466. The summed E-state index contributed by atoms with van der Waals surface area (Å²) in [7, 11) is 1.51. The molecule has 19 heavy (non-hydrogen) atoms. The average Bonchev–Trinajstić information content (AvgIpc) is 2.39. The number of halogens is 1. The molecule has 0 aliphatic rings. The lowest BCUT2D eigenvalue weighted by molar-refractivity contribution is -0.120. The van der Waals surface area contributed by atoms with Crippen LogP contribution in [0.15, 0.2) is 18.2 Å². The molecule has 1 aromatic carbocycles. The lowest BCUT2D eigenvalue weighted by atomic mass is 10.1. The van der Waals surface area contributed by atoms with Crippen LogP contribution < -0.4 is 16.4 Å².